The topological polar surface area (TPSA) is 32.8 Å². The summed E-state index contributed by atoms with van der Waals surface area (Å²) >= 11 is 0. The summed E-state index contributed by atoms with van der Waals surface area (Å²) in [6, 6.07) is 0. The van der Waals surface area contributed by atoms with Gasteiger partial charge in [-0.05, 0) is 19.3 Å². The second-order valence-electron chi connectivity index (χ2n) is 3.23. The lowest BCUT2D eigenvalue weighted by molar-refractivity contribution is 0.194. The van der Waals surface area contributed by atoms with Gasteiger partial charge in [0.2, 0.25) is 0 Å². The Morgan fingerprint density at radius 1 is 1.78 bits per heavy atom. The molecule has 0 aromatic heterocycles. The van der Waals surface area contributed by atoms with Crippen LogP contribution in [0.5, 0.6) is 0 Å². The Labute approximate surface area is 55.8 Å². The quantitative estimate of drug-likeness (QED) is 0.573. The van der Waals surface area contributed by atoms with Crippen molar-refractivity contribution in [1.82, 2.24) is 0 Å². The minimum Gasteiger partial charge on any atom is -0.396 e. The van der Waals surface area contributed by atoms with Crippen LogP contribution < -0.4 is 0 Å². The third kappa shape index (κ3) is 1.95. The molecule has 0 aromatic rings. The first-order valence-corrected chi connectivity index (χ1v) is 3.41. The molecule has 1 aliphatic rings. The first-order chi connectivity index (χ1) is 4.16. The molecule has 1 aliphatic heterocycles. The van der Waals surface area contributed by atoms with Gasteiger partial charge < -0.3 is 9.84 Å². The summed E-state index contributed by atoms with van der Waals surface area (Å²) in [6.07, 6.45) is 0.990. The summed E-state index contributed by atoms with van der Waals surface area (Å²) in [4.78, 5) is 0. The van der Waals surface area contributed by atoms with Crippen molar-refractivity contribution in [2.75, 3.05) is 13.2 Å². The summed E-state index contributed by atoms with van der Waals surface area (Å²) in [7, 11) is 0. The van der Waals surface area contributed by atoms with Crippen LogP contribution in [0, 0.1) is 5.92 Å². The lowest BCUT2D eigenvalue weighted by Gasteiger charge is -2.09. The van der Waals surface area contributed by atoms with Gasteiger partial charge in [0.1, 0.15) is 0 Å². The predicted molar refractivity (Wildman–Crippen MR) is 35.2 cm³/mol. The third-order valence-corrected chi connectivity index (χ3v) is 1.73. The zero-order valence-corrected chi connectivity index (χ0v) is 6.05. The highest BCUT2D eigenvalue weighted by molar-refractivity contribution is 4.87. The van der Waals surface area contributed by atoms with Gasteiger partial charge in [0.05, 0.1) is 12.2 Å². The molecule has 0 bridgehead atoms. The molecule has 1 rings (SSSR count). The van der Waals surface area contributed by atoms with Crippen LogP contribution in [0.25, 0.3) is 0 Å². The van der Waals surface area contributed by atoms with Crippen molar-refractivity contribution in [3.63, 3.8) is 0 Å². The fourth-order valence-electron chi connectivity index (χ4n) is 1.04. The monoisotopic (exact) mass is 130 g/mol. The van der Waals surface area contributed by atoms with Crippen LogP contribution in [0.15, 0.2) is 0 Å². The third-order valence-electron chi connectivity index (χ3n) is 1.73. The highest BCUT2D eigenvalue weighted by Crippen LogP contribution is 2.32. The molecule has 1 fully saturated rings. The van der Waals surface area contributed by atoms with E-state index in [0.717, 1.165) is 13.0 Å². The van der Waals surface area contributed by atoms with Crippen molar-refractivity contribution < 1.29 is 9.84 Å². The van der Waals surface area contributed by atoms with Crippen molar-refractivity contribution in [1.29, 1.82) is 0 Å². The van der Waals surface area contributed by atoms with Crippen LogP contribution in [-0.4, -0.2) is 23.9 Å². The fourth-order valence-corrected chi connectivity index (χ4v) is 1.04. The van der Waals surface area contributed by atoms with E-state index < -0.39 is 0 Å². The van der Waals surface area contributed by atoms with Crippen LogP contribution in [0.2, 0.25) is 0 Å². The number of hydrogen-bond acceptors (Lipinski definition) is 2. The van der Waals surface area contributed by atoms with Crippen molar-refractivity contribution in [3.05, 3.63) is 0 Å². The number of epoxide rings is 1. The van der Waals surface area contributed by atoms with E-state index in [0.29, 0.717) is 5.92 Å². The van der Waals surface area contributed by atoms with Gasteiger partial charge in [0.15, 0.2) is 0 Å². The SMILES string of the molecule is CC(CO)CC1(C)CO1. The molecule has 2 unspecified atom stereocenters. The van der Waals surface area contributed by atoms with E-state index in [4.69, 9.17) is 9.84 Å². The summed E-state index contributed by atoms with van der Waals surface area (Å²) in [5.74, 6) is 0.387. The summed E-state index contributed by atoms with van der Waals surface area (Å²) in [6.45, 7) is 5.27. The second-order valence-corrected chi connectivity index (χ2v) is 3.23. The van der Waals surface area contributed by atoms with Crippen molar-refractivity contribution in [2.24, 2.45) is 5.92 Å². The van der Waals surface area contributed by atoms with Crippen molar-refractivity contribution in [2.45, 2.75) is 25.9 Å². The molecule has 1 heterocycles. The normalized spacial score (nSPS) is 36.3. The lowest BCUT2D eigenvalue weighted by atomic mass is 9.99. The van der Waals surface area contributed by atoms with E-state index in [1.54, 1.807) is 0 Å². The molecule has 2 atom stereocenters. The van der Waals surface area contributed by atoms with Crippen LogP contribution in [0.1, 0.15) is 20.3 Å². The molecule has 0 saturated carbocycles. The molecule has 1 saturated heterocycles. The average Bonchev–Trinajstić information content (AvgIpc) is 2.48. The Bertz CT molecular complexity index is 97.1. The molecule has 0 aliphatic carbocycles. The van der Waals surface area contributed by atoms with Crippen LogP contribution in [0.3, 0.4) is 0 Å². The van der Waals surface area contributed by atoms with Gasteiger partial charge in [-0.3, -0.25) is 0 Å². The van der Waals surface area contributed by atoms with E-state index >= 15 is 0 Å². The number of aliphatic hydroxyl groups excluding tert-OH is 1. The Kier molecular flexibility index (Phi) is 1.78. The van der Waals surface area contributed by atoms with Gasteiger partial charge in [0, 0.05) is 6.61 Å². The van der Waals surface area contributed by atoms with Crippen LogP contribution >= 0.6 is 0 Å². The molecule has 9 heavy (non-hydrogen) atoms. The minimum atomic E-state index is 0.113. The smallest absolute Gasteiger partial charge is 0.0892 e. The summed E-state index contributed by atoms with van der Waals surface area (Å²) in [5, 5.41) is 8.67. The maximum atomic E-state index is 8.67. The van der Waals surface area contributed by atoms with E-state index in [1.807, 2.05) is 6.92 Å². The lowest BCUT2D eigenvalue weighted by Crippen LogP contribution is -2.13. The molecule has 2 heteroatoms. The minimum absolute atomic E-state index is 0.113. The van der Waals surface area contributed by atoms with Gasteiger partial charge in [-0.1, -0.05) is 6.92 Å². The predicted octanol–water partition coefficient (Wildman–Crippen LogP) is 0.794. The number of ether oxygens (including phenoxy) is 1. The molecular weight excluding hydrogens is 116 g/mol. The maximum Gasteiger partial charge on any atom is 0.0892 e. The first kappa shape index (κ1) is 7.03. The van der Waals surface area contributed by atoms with Crippen LogP contribution in [-0.2, 0) is 4.74 Å². The summed E-state index contributed by atoms with van der Waals surface area (Å²) < 4.78 is 5.16. The van der Waals surface area contributed by atoms with E-state index in [2.05, 4.69) is 6.92 Å². The number of aliphatic hydroxyl groups is 1. The highest BCUT2D eigenvalue weighted by Gasteiger charge is 2.39. The fraction of sp³-hybridized carbons (Fsp3) is 1.00. The van der Waals surface area contributed by atoms with Gasteiger partial charge >= 0.3 is 0 Å². The Hall–Kier alpha value is -0.0800. The molecule has 0 radical (unpaired) electrons. The number of rotatable bonds is 3. The van der Waals surface area contributed by atoms with Gasteiger partial charge in [-0.25, -0.2) is 0 Å². The molecule has 1 N–H and O–H groups in total. The molecule has 54 valence electrons. The largest absolute Gasteiger partial charge is 0.396 e. The Morgan fingerprint density at radius 3 is 2.67 bits per heavy atom. The van der Waals surface area contributed by atoms with E-state index in [1.165, 1.54) is 0 Å². The molecule has 0 amide bonds. The zero-order chi connectivity index (χ0) is 6.91. The average molecular weight is 130 g/mol. The maximum absolute atomic E-state index is 8.67. The Balaban J connectivity index is 2.17. The first-order valence-electron chi connectivity index (χ1n) is 3.41. The van der Waals surface area contributed by atoms with Gasteiger partial charge in [-0.2, -0.15) is 0 Å². The van der Waals surface area contributed by atoms with Gasteiger partial charge in [0.25, 0.3) is 0 Å². The van der Waals surface area contributed by atoms with Crippen molar-refractivity contribution >= 4 is 0 Å². The molecule has 0 spiro atoms. The van der Waals surface area contributed by atoms with E-state index in [-0.39, 0.29) is 12.2 Å². The molecule has 0 aromatic carbocycles. The van der Waals surface area contributed by atoms with E-state index in [9.17, 15) is 0 Å². The Morgan fingerprint density at radius 2 is 2.33 bits per heavy atom. The second kappa shape index (κ2) is 2.27. The molecule has 2 nitrogen and oxygen atoms in total. The van der Waals surface area contributed by atoms with Crippen LogP contribution in [0.4, 0.5) is 0 Å². The molecular formula is C7H14O2. The van der Waals surface area contributed by atoms with Gasteiger partial charge in [-0.15, -0.1) is 0 Å². The highest BCUT2D eigenvalue weighted by atomic mass is 16.6. The summed E-state index contributed by atoms with van der Waals surface area (Å²) in [5.41, 5.74) is 0.113. The standard InChI is InChI=1S/C7H14O2/c1-6(4-8)3-7(2)5-9-7/h6,8H,3-5H2,1-2H3. The zero-order valence-electron chi connectivity index (χ0n) is 6.05. The van der Waals surface area contributed by atoms with Crippen molar-refractivity contribution in [3.8, 4) is 0 Å². The number of hydrogen-bond donors (Lipinski definition) is 1.